The number of rotatable bonds is 14. The summed E-state index contributed by atoms with van der Waals surface area (Å²) in [6.07, 6.45) is -1.71. The zero-order chi connectivity index (χ0) is 25.9. The maximum absolute atomic E-state index is 12.3. The molecule has 4 N–H and O–H groups in total. The van der Waals surface area contributed by atoms with Crippen molar-refractivity contribution in [1.29, 1.82) is 0 Å². The molecule has 0 bridgehead atoms. The minimum atomic E-state index is -4.79. The Kier molecular flexibility index (Phi) is 11.4. The predicted molar refractivity (Wildman–Crippen MR) is 118 cm³/mol. The number of methoxy groups -OCH3 is 2. The van der Waals surface area contributed by atoms with Crippen LogP contribution in [-0.4, -0.2) is 67.4 Å². The number of esters is 2. The first-order chi connectivity index (χ1) is 15.8. The smallest absolute Gasteiger partial charge is 0.469 e. The average molecular weight is 506 g/mol. The van der Waals surface area contributed by atoms with E-state index in [1.54, 1.807) is 25.1 Å². The Morgan fingerprint density at radius 1 is 1.15 bits per heavy atom. The molecule has 0 aromatic heterocycles. The fourth-order valence-electron chi connectivity index (χ4n) is 2.40. The molecule has 192 valence electrons. The molecule has 1 rings (SSSR count). The molecule has 0 fully saturated rings. The van der Waals surface area contributed by atoms with Crippen molar-refractivity contribution in [1.82, 2.24) is 5.32 Å². The maximum atomic E-state index is 12.3. The molecule has 1 aromatic carbocycles. The van der Waals surface area contributed by atoms with Gasteiger partial charge in [-0.1, -0.05) is 30.7 Å². The van der Waals surface area contributed by atoms with Gasteiger partial charge in [-0.2, -0.15) is 0 Å². The van der Waals surface area contributed by atoms with Crippen molar-refractivity contribution in [3.63, 3.8) is 0 Å². The number of aliphatic hydroxyl groups is 1. The quantitative estimate of drug-likeness (QED) is 0.123. The Morgan fingerprint density at radius 2 is 1.79 bits per heavy atom. The van der Waals surface area contributed by atoms with Gasteiger partial charge in [0, 0.05) is 12.0 Å². The fraction of sp³-hybridized carbons (Fsp3) is 0.550. The summed E-state index contributed by atoms with van der Waals surface area (Å²) in [5.41, 5.74) is -1.04. The number of amides is 1. The minimum absolute atomic E-state index is 0.0135. The molecule has 1 aromatic rings. The highest BCUT2D eigenvalue weighted by Crippen LogP contribution is 2.46. The highest BCUT2D eigenvalue weighted by Gasteiger charge is 2.37. The Hall–Kier alpha value is -2.70. The number of ether oxygens (including phenoxy) is 2. The third-order valence-electron chi connectivity index (χ3n) is 4.48. The van der Waals surface area contributed by atoms with Gasteiger partial charge in [-0.05, 0) is 19.1 Å². The van der Waals surface area contributed by atoms with Gasteiger partial charge < -0.3 is 35.0 Å². The minimum Gasteiger partial charge on any atom is -0.469 e. The molecule has 14 heteroatoms. The van der Waals surface area contributed by atoms with E-state index >= 15 is 0 Å². The number of nitrogens with one attached hydrogen (secondary N) is 2. The Balaban J connectivity index is 2.66. The van der Waals surface area contributed by atoms with E-state index in [0.717, 1.165) is 0 Å². The molecule has 0 spiro atoms. The van der Waals surface area contributed by atoms with E-state index < -0.39 is 49.8 Å². The number of phosphoric ester groups is 1. The van der Waals surface area contributed by atoms with Crippen molar-refractivity contribution in [2.45, 2.75) is 39.3 Å². The summed E-state index contributed by atoms with van der Waals surface area (Å²) in [7, 11) is -2.35. The SMILES string of the molecule is COC(=O)CCNC(=O)[C@H](O)C(C)(C)COP(=O)(O)OOc1ccccc1N[C@@H](C)C(=O)OC. The monoisotopic (exact) mass is 506 g/mol. The first-order valence-electron chi connectivity index (χ1n) is 10.1. The van der Waals surface area contributed by atoms with Crippen molar-refractivity contribution in [2.75, 3.05) is 32.7 Å². The van der Waals surface area contributed by atoms with Crippen molar-refractivity contribution >= 4 is 31.4 Å². The van der Waals surface area contributed by atoms with Crippen LogP contribution in [0.2, 0.25) is 0 Å². The van der Waals surface area contributed by atoms with Crippen LogP contribution in [0.3, 0.4) is 0 Å². The lowest BCUT2D eigenvalue weighted by Gasteiger charge is -2.29. The van der Waals surface area contributed by atoms with Crippen LogP contribution in [0.15, 0.2) is 24.3 Å². The van der Waals surface area contributed by atoms with Gasteiger partial charge in [0.05, 0.1) is 32.9 Å². The molecule has 34 heavy (non-hydrogen) atoms. The molecular formula is C20H31N2O11P. The summed E-state index contributed by atoms with van der Waals surface area (Å²) >= 11 is 0. The second-order valence-electron chi connectivity index (χ2n) is 7.79. The van der Waals surface area contributed by atoms with Crippen LogP contribution in [-0.2, 0) is 37.6 Å². The van der Waals surface area contributed by atoms with Gasteiger partial charge in [0.25, 0.3) is 0 Å². The number of para-hydroxylation sites is 2. The number of phosphoric acid groups is 1. The summed E-state index contributed by atoms with van der Waals surface area (Å²) in [6.45, 7) is 3.77. The fourth-order valence-corrected chi connectivity index (χ4v) is 3.12. The topological polar surface area (TPSA) is 179 Å². The zero-order valence-corrected chi connectivity index (χ0v) is 20.5. The summed E-state index contributed by atoms with van der Waals surface area (Å²) in [5, 5.41) is 15.4. The van der Waals surface area contributed by atoms with E-state index in [4.69, 9.17) is 9.41 Å². The van der Waals surface area contributed by atoms with Crippen LogP contribution < -0.4 is 15.5 Å². The van der Waals surface area contributed by atoms with Crippen LogP contribution in [0.1, 0.15) is 27.2 Å². The molecular weight excluding hydrogens is 475 g/mol. The van der Waals surface area contributed by atoms with Gasteiger partial charge in [0.2, 0.25) is 5.91 Å². The Morgan fingerprint density at radius 3 is 2.41 bits per heavy atom. The van der Waals surface area contributed by atoms with Crippen LogP contribution in [0.25, 0.3) is 0 Å². The number of anilines is 1. The predicted octanol–water partition coefficient (Wildman–Crippen LogP) is 1.15. The Labute approximate surface area is 197 Å². The van der Waals surface area contributed by atoms with Gasteiger partial charge in [0.15, 0.2) is 5.75 Å². The maximum Gasteiger partial charge on any atom is 0.508 e. The lowest BCUT2D eigenvalue weighted by atomic mass is 9.87. The van der Waals surface area contributed by atoms with E-state index in [-0.39, 0.29) is 24.4 Å². The third kappa shape index (κ3) is 9.65. The largest absolute Gasteiger partial charge is 0.508 e. The van der Waals surface area contributed by atoms with Crippen molar-refractivity contribution in [3.8, 4) is 5.75 Å². The van der Waals surface area contributed by atoms with E-state index in [9.17, 15) is 28.9 Å². The number of carbonyl (C=O) groups excluding carboxylic acids is 3. The van der Waals surface area contributed by atoms with E-state index in [0.29, 0.717) is 0 Å². The van der Waals surface area contributed by atoms with Crippen LogP contribution in [0, 0.1) is 5.41 Å². The molecule has 0 saturated heterocycles. The molecule has 0 radical (unpaired) electrons. The molecule has 0 aliphatic carbocycles. The number of benzene rings is 1. The van der Waals surface area contributed by atoms with Crippen LogP contribution >= 0.6 is 7.82 Å². The second kappa shape index (κ2) is 13.3. The first kappa shape index (κ1) is 29.3. The summed E-state index contributed by atoms with van der Waals surface area (Å²) in [5.74, 6) is -1.89. The van der Waals surface area contributed by atoms with Gasteiger partial charge in [0.1, 0.15) is 12.1 Å². The molecule has 0 aliphatic rings. The molecule has 0 saturated carbocycles. The van der Waals surface area contributed by atoms with E-state index in [2.05, 4.69) is 24.8 Å². The third-order valence-corrected chi connectivity index (χ3v) is 5.20. The summed E-state index contributed by atoms with van der Waals surface area (Å²) in [4.78, 5) is 49.7. The van der Waals surface area contributed by atoms with Gasteiger partial charge in [-0.15, -0.1) is 0 Å². The lowest BCUT2D eigenvalue weighted by Crippen LogP contribution is -2.46. The first-order valence-corrected chi connectivity index (χ1v) is 11.6. The highest BCUT2D eigenvalue weighted by molar-refractivity contribution is 7.47. The van der Waals surface area contributed by atoms with Crippen molar-refractivity contribution in [3.05, 3.63) is 24.3 Å². The van der Waals surface area contributed by atoms with Gasteiger partial charge in [-0.3, -0.25) is 14.1 Å². The number of aliphatic hydroxyl groups excluding tert-OH is 1. The highest BCUT2D eigenvalue weighted by atomic mass is 31.2. The number of hydrogen-bond acceptors (Lipinski definition) is 11. The summed E-state index contributed by atoms with van der Waals surface area (Å²) < 4.78 is 30.8. The zero-order valence-electron chi connectivity index (χ0n) is 19.6. The van der Waals surface area contributed by atoms with Gasteiger partial charge >= 0.3 is 19.8 Å². The molecule has 13 nitrogen and oxygen atoms in total. The molecule has 1 amide bonds. The molecule has 0 heterocycles. The van der Waals surface area contributed by atoms with Crippen LogP contribution in [0.5, 0.6) is 5.75 Å². The van der Waals surface area contributed by atoms with Gasteiger partial charge in [-0.25, -0.2) is 9.36 Å². The number of hydrogen-bond donors (Lipinski definition) is 4. The summed E-state index contributed by atoms with van der Waals surface area (Å²) in [6, 6.07) is 5.41. The van der Waals surface area contributed by atoms with Crippen molar-refractivity contribution < 1.29 is 52.5 Å². The van der Waals surface area contributed by atoms with E-state index in [1.165, 1.54) is 34.1 Å². The molecule has 3 atom stereocenters. The van der Waals surface area contributed by atoms with E-state index in [1.807, 2.05) is 0 Å². The van der Waals surface area contributed by atoms with Crippen molar-refractivity contribution in [2.24, 2.45) is 5.41 Å². The number of carbonyl (C=O) groups is 3. The molecule has 0 aliphatic heterocycles. The second-order valence-corrected chi connectivity index (χ2v) is 9.14. The lowest BCUT2D eigenvalue weighted by molar-refractivity contribution is -0.143. The normalized spacial score (nSPS) is 14.8. The molecule has 1 unspecified atom stereocenters. The standard InChI is InChI=1S/C20H31N2O11P/c1-13(19(26)30-5)22-14-8-6-7-9-15(14)32-33-34(27,28)31-12-20(2,3)17(24)18(25)21-11-10-16(23)29-4/h6-9,13,17,22,24H,10-12H2,1-5H3,(H,21,25)(H,27,28)/t13-,17-/m0/s1. The Bertz CT molecular complexity index is 893. The average Bonchev–Trinajstić information content (AvgIpc) is 2.81. The van der Waals surface area contributed by atoms with Crippen LogP contribution in [0.4, 0.5) is 5.69 Å².